The summed E-state index contributed by atoms with van der Waals surface area (Å²) in [6, 6.07) is 4.45. The first-order valence-electron chi connectivity index (χ1n) is 8.45. The molecule has 3 rings (SSSR count). The van der Waals surface area contributed by atoms with E-state index in [0.717, 1.165) is 5.56 Å². The molecule has 11 heteroatoms. The second-order valence-corrected chi connectivity index (χ2v) is 8.92. The van der Waals surface area contributed by atoms with Gasteiger partial charge in [0.25, 0.3) is 5.91 Å². The Labute approximate surface area is 186 Å². The molecular weight excluding hydrogens is 459 g/mol. The Morgan fingerprint density at radius 1 is 1.34 bits per heavy atom. The highest BCUT2D eigenvalue weighted by Gasteiger charge is 2.53. The Balaban J connectivity index is 1.69. The minimum Gasteiger partial charge on any atom is -0.477 e. The van der Waals surface area contributed by atoms with Crippen LogP contribution < -0.4 is 5.32 Å². The van der Waals surface area contributed by atoms with Gasteiger partial charge in [-0.1, -0.05) is 35.4 Å². The molecule has 0 unspecified atom stereocenters. The van der Waals surface area contributed by atoms with Gasteiger partial charge in [0.15, 0.2) is 0 Å². The summed E-state index contributed by atoms with van der Waals surface area (Å²) in [7, 11) is 0. The van der Waals surface area contributed by atoms with Gasteiger partial charge in [-0.05, 0) is 23.8 Å². The van der Waals surface area contributed by atoms with Gasteiger partial charge in [0.1, 0.15) is 23.7 Å². The summed E-state index contributed by atoms with van der Waals surface area (Å²) in [5.41, 5.74) is 1.05. The number of β-lactam (4-membered cyclic amide) rings is 1. The number of thioether (sulfide) groups is 1. The lowest BCUT2D eigenvalue weighted by Gasteiger charge is -2.49. The second-order valence-electron chi connectivity index (χ2n) is 6.45. The van der Waals surface area contributed by atoms with Crippen LogP contribution in [0.1, 0.15) is 12.5 Å². The number of nitrogens with zero attached hydrogens (tertiary/aromatic N) is 1. The number of aliphatic carboxylic acids is 1. The highest BCUT2D eigenvalue weighted by atomic mass is 35.5. The number of carboxylic acid groups (broad SMARTS) is 1. The Hall–Kier alpha value is -1.81. The van der Waals surface area contributed by atoms with Crippen molar-refractivity contribution in [1.29, 1.82) is 0 Å². The van der Waals surface area contributed by atoms with Crippen molar-refractivity contribution in [2.45, 2.75) is 24.8 Å². The quantitative estimate of drug-likeness (QED) is 0.369. The van der Waals surface area contributed by atoms with Crippen LogP contribution in [0.3, 0.4) is 0 Å². The van der Waals surface area contributed by atoms with Crippen LogP contribution in [0, 0.1) is 0 Å². The summed E-state index contributed by atoms with van der Waals surface area (Å²) in [5.74, 6) is -1.82. The molecule has 1 aromatic rings. The SMILES string of the molecule is CC(=O)OCC1=C(C(=O)O)N2C(=O)[C@@H](NC(=S)Cc3cc(Cl)cc(Cl)c3)[C@H]2SC1. The Bertz CT molecular complexity index is 917. The fraction of sp³-hybridized carbons (Fsp3) is 0.333. The number of fused-ring (bicyclic) bond motifs is 1. The van der Waals surface area contributed by atoms with E-state index in [9.17, 15) is 19.5 Å². The van der Waals surface area contributed by atoms with Crippen molar-refractivity contribution in [3.8, 4) is 0 Å². The maximum Gasteiger partial charge on any atom is 0.352 e. The third-order valence-electron chi connectivity index (χ3n) is 4.30. The average Bonchev–Trinajstić information content (AvgIpc) is 2.62. The minimum absolute atomic E-state index is 0.134. The lowest BCUT2D eigenvalue weighted by molar-refractivity contribution is -0.148. The number of thiocarbonyl (C=S) groups is 1. The monoisotopic (exact) mass is 474 g/mol. The first-order chi connectivity index (χ1) is 13.7. The van der Waals surface area contributed by atoms with Crippen LogP contribution in [0.2, 0.25) is 10.0 Å². The van der Waals surface area contributed by atoms with Crippen molar-refractivity contribution >= 4 is 70.0 Å². The van der Waals surface area contributed by atoms with Crippen LogP contribution >= 0.6 is 47.2 Å². The third kappa shape index (κ3) is 4.85. The van der Waals surface area contributed by atoms with Crippen molar-refractivity contribution in [2.75, 3.05) is 12.4 Å². The predicted molar refractivity (Wildman–Crippen MR) is 114 cm³/mol. The summed E-state index contributed by atoms with van der Waals surface area (Å²) in [6.45, 7) is 1.08. The number of carboxylic acids is 1. The lowest BCUT2D eigenvalue weighted by Crippen LogP contribution is -2.70. The van der Waals surface area contributed by atoms with E-state index in [4.69, 9.17) is 40.2 Å². The number of ether oxygens (including phenoxy) is 1. The van der Waals surface area contributed by atoms with E-state index in [1.807, 2.05) is 0 Å². The number of hydrogen-bond acceptors (Lipinski definition) is 6. The number of hydrogen-bond donors (Lipinski definition) is 2. The van der Waals surface area contributed by atoms with Crippen LogP contribution in [0.5, 0.6) is 0 Å². The summed E-state index contributed by atoms with van der Waals surface area (Å²) >= 11 is 18.7. The molecule has 0 spiro atoms. The van der Waals surface area contributed by atoms with Crippen molar-refractivity contribution in [3.63, 3.8) is 0 Å². The van der Waals surface area contributed by atoms with E-state index in [1.54, 1.807) is 18.2 Å². The standard InChI is InChI=1S/C18H16Cl2N2O5S2/c1-8(23)27-6-10-7-29-17-14(16(24)22(17)15(10)18(25)26)21-13(28)4-9-2-11(19)5-12(20)3-9/h2-3,5,14,17H,4,6-7H2,1H3,(H,21,28)(H,25,26)/t14-,17-/m1/s1. The molecule has 2 N–H and O–H groups in total. The van der Waals surface area contributed by atoms with E-state index in [0.29, 0.717) is 32.8 Å². The third-order valence-corrected chi connectivity index (χ3v) is 6.34. The van der Waals surface area contributed by atoms with Gasteiger partial charge in [-0.3, -0.25) is 14.5 Å². The molecule has 0 saturated carbocycles. The van der Waals surface area contributed by atoms with Crippen molar-refractivity contribution in [3.05, 3.63) is 45.1 Å². The molecule has 2 atom stereocenters. The zero-order chi connectivity index (χ0) is 21.3. The molecule has 0 aromatic heterocycles. The molecule has 1 saturated heterocycles. The molecule has 154 valence electrons. The topological polar surface area (TPSA) is 95.9 Å². The van der Waals surface area contributed by atoms with Crippen LogP contribution in [-0.2, 0) is 25.5 Å². The van der Waals surface area contributed by atoms with E-state index < -0.39 is 29.3 Å². The minimum atomic E-state index is -1.24. The Morgan fingerprint density at radius 2 is 2.00 bits per heavy atom. The molecule has 2 aliphatic rings. The van der Waals surface area contributed by atoms with Gasteiger partial charge in [0, 0.05) is 34.7 Å². The number of rotatable bonds is 6. The van der Waals surface area contributed by atoms with E-state index >= 15 is 0 Å². The fourth-order valence-corrected chi connectivity index (χ4v) is 5.30. The van der Waals surface area contributed by atoms with Crippen molar-refractivity contribution in [2.24, 2.45) is 0 Å². The van der Waals surface area contributed by atoms with Gasteiger partial charge >= 0.3 is 11.9 Å². The van der Waals surface area contributed by atoms with Gasteiger partial charge in [-0.25, -0.2) is 4.79 Å². The average molecular weight is 475 g/mol. The number of carbonyl (C=O) groups is 3. The summed E-state index contributed by atoms with van der Waals surface area (Å²) in [6.07, 6.45) is 0.343. The zero-order valence-electron chi connectivity index (χ0n) is 15.1. The van der Waals surface area contributed by atoms with Crippen LogP contribution in [0.15, 0.2) is 29.5 Å². The highest BCUT2D eigenvalue weighted by Crippen LogP contribution is 2.40. The molecule has 7 nitrogen and oxygen atoms in total. The van der Waals surface area contributed by atoms with Crippen molar-refractivity contribution in [1.82, 2.24) is 10.2 Å². The van der Waals surface area contributed by atoms with Gasteiger partial charge in [0.2, 0.25) is 0 Å². The molecule has 2 aliphatic heterocycles. The van der Waals surface area contributed by atoms with E-state index in [2.05, 4.69) is 5.32 Å². The summed E-state index contributed by atoms with van der Waals surface area (Å²) in [4.78, 5) is 37.0. The first-order valence-corrected chi connectivity index (χ1v) is 10.7. The highest BCUT2D eigenvalue weighted by molar-refractivity contribution is 8.00. The maximum atomic E-state index is 12.6. The number of nitrogens with one attached hydrogen (secondary N) is 1. The molecule has 1 aromatic carbocycles. The number of halogens is 2. The largest absolute Gasteiger partial charge is 0.477 e. The summed E-state index contributed by atoms with van der Waals surface area (Å²) < 4.78 is 4.91. The normalized spacial score (nSPS) is 20.7. The molecule has 29 heavy (non-hydrogen) atoms. The smallest absolute Gasteiger partial charge is 0.352 e. The van der Waals surface area contributed by atoms with Crippen LogP contribution in [0.25, 0.3) is 0 Å². The molecule has 0 radical (unpaired) electrons. The van der Waals surface area contributed by atoms with Crippen LogP contribution in [0.4, 0.5) is 0 Å². The molecule has 0 bridgehead atoms. The Morgan fingerprint density at radius 3 is 2.59 bits per heavy atom. The number of carbonyl (C=O) groups excluding carboxylic acids is 2. The molecule has 1 fully saturated rings. The van der Waals surface area contributed by atoms with E-state index in [1.165, 1.54) is 23.6 Å². The van der Waals surface area contributed by atoms with Gasteiger partial charge in [-0.15, -0.1) is 11.8 Å². The number of esters is 1. The van der Waals surface area contributed by atoms with Gasteiger partial charge in [-0.2, -0.15) is 0 Å². The molecule has 1 amide bonds. The van der Waals surface area contributed by atoms with E-state index in [-0.39, 0.29) is 12.3 Å². The molecule has 2 heterocycles. The number of amides is 1. The van der Waals surface area contributed by atoms with Crippen LogP contribution in [-0.4, -0.2) is 56.6 Å². The van der Waals surface area contributed by atoms with Gasteiger partial charge in [0.05, 0.1) is 4.99 Å². The van der Waals surface area contributed by atoms with Crippen molar-refractivity contribution < 1.29 is 24.2 Å². The first kappa shape index (κ1) is 21.9. The Kier molecular flexibility index (Phi) is 6.72. The molecule has 0 aliphatic carbocycles. The zero-order valence-corrected chi connectivity index (χ0v) is 18.3. The fourth-order valence-electron chi connectivity index (χ4n) is 3.11. The maximum absolute atomic E-state index is 12.6. The lowest BCUT2D eigenvalue weighted by atomic mass is 10.0. The number of benzene rings is 1. The molecular formula is C18H16Cl2N2O5S2. The predicted octanol–water partition coefficient (Wildman–Crippen LogP) is 2.64. The summed E-state index contributed by atoms with van der Waals surface area (Å²) in [5, 5.41) is 13.1. The second kappa shape index (κ2) is 8.91. The van der Waals surface area contributed by atoms with Gasteiger partial charge < -0.3 is 15.2 Å².